The first-order chi connectivity index (χ1) is 31.7. The summed E-state index contributed by atoms with van der Waals surface area (Å²) in [6, 6.07) is 18.1. The minimum absolute atomic E-state index is 0.993. The van der Waals surface area contributed by atoms with E-state index in [-0.39, 0.29) is 0 Å². The van der Waals surface area contributed by atoms with Crippen molar-refractivity contribution in [2.45, 2.75) is 285 Å². The third-order valence-corrected chi connectivity index (χ3v) is 12.9. The Kier molecular flexibility index (Phi) is 39.0. The van der Waals surface area contributed by atoms with Crippen molar-refractivity contribution >= 4 is 22.8 Å². The highest BCUT2D eigenvalue weighted by Crippen LogP contribution is 2.23. The standard InChI is InChI=1S/C62H100N2/c1-5-9-13-17-21-23-25-27-29-31-33-35-37-41-45-57-49-53-59(54-50-57)63-61(47-43-39-19-15-11-7-3)62(48-44-40-20-16-12-8-4)64-60-55-51-58(52-56-60)46-42-38-36-34-32-30-28-26-24-22-18-14-10-6-2/h49-56H,5-32,37-48H2,1-4H3. The van der Waals surface area contributed by atoms with Gasteiger partial charge < -0.3 is 0 Å². The second-order valence-corrected chi connectivity index (χ2v) is 19.1. The van der Waals surface area contributed by atoms with Crippen molar-refractivity contribution in [2.75, 3.05) is 0 Å². The minimum atomic E-state index is 0.993. The van der Waals surface area contributed by atoms with Crippen LogP contribution >= 0.6 is 0 Å². The molecule has 0 aliphatic carbocycles. The molecule has 0 saturated carbocycles. The van der Waals surface area contributed by atoms with E-state index in [1.54, 1.807) is 0 Å². The molecule has 0 spiro atoms. The van der Waals surface area contributed by atoms with Gasteiger partial charge in [-0.05, 0) is 99.6 Å². The highest BCUT2D eigenvalue weighted by atomic mass is 14.8. The number of unbranched alkanes of at least 4 members (excludes halogenated alkanes) is 30. The van der Waals surface area contributed by atoms with E-state index in [1.807, 2.05) is 0 Å². The second kappa shape index (κ2) is 43.8. The van der Waals surface area contributed by atoms with Crippen LogP contribution in [0.15, 0.2) is 58.5 Å². The molecule has 0 atom stereocenters. The zero-order valence-electron chi connectivity index (χ0n) is 42.8. The molecule has 2 aromatic rings. The molecule has 2 nitrogen and oxygen atoms in total. The van der Waals surface area contributed by atoms with Crippen molar-refractivity contribution < 1.29 is 0 Å². The number of nitrogens with zero attached hydrogens (tertiary/aromatic N) is 2. The number of benzene rings is 2. The van der Waals surface area contributed by atoms with Gasteiger partial charge in [0.05, 0.1) is 22.8 Å². The summed E-state index contributed by atoms with van der Waals surface area (Å²) >= 11 is 0. The molecule has 358 valence electrons. The van der Waals surface area contributed by atoms with E-state index >= 15 is 0 Å². The largest absolute Gasteiger partial charge is 0.252 e. The highest BCUT2D eigenvalue weighted by Gasteiger charge is 2.12. The summed E-state index contributed by atoms with van der Waals surface area (Å²) in [6.07, 6.45) is 50.7. The van der Waals surface area contributed by atoms with Crippen molar-refractivity contribution in [3.8, 4) is 23.7 Å². The first-order valence-electron chi connectivity index (χ1n) is 27.9. The summed E-state index contributed by atoms with van der Waals surface area (Å²) in [5.41, 5.74) is 7.30. The molecule has 0 fully saturated rings. The molecule has 0 aromatic heterocycles. The van der Waals surface area contributed by atoms with E-state index in [0.717, 1.165) is 75.6 Å². The van der Waals surface area contributed by atoms with Crippen LogP contribution < -0.4 is 0 Å². The first kappa shape index (κ1) is 57.0. The average Bonchev–Trinajstić information content (AvgIpc) is 3.31. The number of hydrogen-bond acceptors (Lipinski definition) is 2. The van der Waals surface area contributed by atoms with Crippen LogP contribution in [0, 0.1) is 23.7 Å². The Balaban J connectivity index is 2.00. The van der Waals surface area contributed by atoms with Crippen molar-refractivity contribution in [2.24, 2.45) is 9.98 Å². The van der Waals surface area contributed by atoms with E-state index in [2.05, 4.69) is 99.9 Å². The lowest BCUT2D eigenvalue weighted by atomic mass is 10.00. The zero-order valence-corrected chi connectivity index (χ0v) is 42.8. The summed E-state index contributed by atoms with van der Waals surface area (Å²) in [5.74, 6) is 13.8. The maximum absolute atomic E-state index is 5.40. The number of hydrogen-bond donors (Lipinski definition) is 0. The quantitative estimate of drug-likeness (QED) is 0.0361. The van der Waals surface area contributed by atoms with E-state index in [0.29, 0.717) is 0 Å². The zero-order chi connectivity index (χ0) is 45.6. The second-order valence-electron chi connectivity index (χ2n) is 19.1. The Bertz CT molecular complexity index is 1400. The normalized spacial score (nSPS) is 11.7. The van der Waals surface area contributed by atoms with Crippen LogP contribution in [0.1, 0.15) is 283 Å². The minimum Gasteiger partial charge on any atom is -0.252 e. The number of aryl methyl sites for hydroxylation is 2. The van der Waals surface area contributed by atoms with Gasteiger partial charge in [0.1, 0.15) is 0 Å². The summed E-state index contributed by atoms with van der Waals surface area (Å²) in [7, 11) is 0. The van der Waals surface area contributed by atoms with E-state index in [1.165, 1.54) is 215 Å². The molecule has 0 aliphatic heterocycles. The third kappa shape index (κ3) is 33.4. The molecule has 64 heavy (non-hydrogen) atoms. The van der Waals surface area contributed by atoms with Crippen molar-refractivity contribution in [1.82, 2.24) is 0 Å². The van der Waals surface area contributed by atoms with Gasteiger partial charge in [0.2, 0.25) is 0 Å². The molecular formula is C62H100N2. The SMILES string of the molecule is CCCCCCCCCCCC#CCCCc1ccc(N=C(CCCCCCCC)C(CCCCCCCC)=Nc2ccc(CCCC#CCCCCCCCCCCC)cc2)cc1. The van der Waals surface area contributed by atoms with E-state index in [4.69, 9.17) is 9.98 Å². The molecular weight excluding hydrogens is 773 g/mol. The van der Waals surface area contributed by atoms with Crippen LogP contribution in [0.4, 0.5) is 11.4 Å². The highest BCUT2D eigenvalue weighted by molar-refractivity contribution is 6.43. The van der Waals surface area contributed by atoms with Gasteiger partial charge in [-0.15, -0.1) is 23.7 Å². The molecule has 0 saturated heterocycles. The van der Waals surface area contributed by atoms with Crippen LogP contribution in [-0.4, -0.2) is 11.4 Å². The predicted octanol–water partition coefficient (Wildman–Crippen LogP) is 20.5. The van der Waals surface area contributed by atoms with Crippen LogP contribution in [0.5, 0.6) is 0 Å². The smallest absolute Gasteiger partial charge is 0.0633 e. The Hall–Kier alpha value is -3.10. The fourth-order valence-corrected chi connectivity index (χ4v) is 8.62. The molecule has 0 amide bonds. The maximum Gasteiger partial charge on any atom is 0.0633 e. The van der Waals surface area contributed by atoms with Crippen LogP contribution in [-0.2, 0) is 12.8 Å². The van der Waals surface area contributed by atoms with Gasteiger partial charge in [-0.3, -0.25) is 9.98 Å². The first-order valence-corrected chi connectivity index (χ1v) is 27.9. The lowest BCUT2D eigenvalue weighted by molar-refractivity contribution is 0.567. The van der Waals surface area contributed by atoms with Crippen molar-refractivity contribution in [3.63, 3.8) is 0 Å². The molecule has 2 aromatic carbocycles. The summed E-state index contributed by atoms with van der Waals surface area (Å²) in [6.45, 7) is 9.19. The lowest BCUT2D eigenvalue weighted by Crippen LogP contribution is -2.14. The van der Waals surface area contributed by atoms with Crippen LogP contribution in [0.2, 0.25) is 0 Å². The maximum atomic E-state index is 5.40. The summed E-state index contributed by atoms with van der Waals surface area (Å²) in [5, 5.41) is 0. The van der Waals surface area contributed by atoms with E-state index in [9.17, 15) is 0 Å². The van der Waals surface area contributed by atoms with Crippen molar-refractivity contribution in [3.05, 3.63) is 59.7 Å². The molecule has 0 aliphatic rings. The Morgan fingerprint density at radius 2 is 0.547 bits per heavy atom. The summed E-state index contributed by atoms with van der Waals surface area (Å²) in [4.78, 5) is 10.8. The topological polar surface area (TPSA) is 24.7 Å². The van der Waals surface area contributed by atoms with Crippen LogP contribution in [0.3, 0.4) is 0 Å². The fraction of sp³-hybridized carbons (Fsp3) is 0.710. The van der Waals surface area contributed by atoms with Gasteiger partial charge in [-0.2, -0.15) is 0 Å². The Labute approximate surface area is 399 Å². The number of rotatable bonds is 41. The average molecular weight is 873 g/mol. The molecule has 0 unspecified atom stereocenters. The van der Waals surface area contributed by atoms with Crippen molar-refractivity contribution in [1.29, 1.82) is 0 Å². The van der Waals surface area contributed by atoms with Crippen LogP contribution in [0.25, 0.3) is 0 Å². The Morgan fingerprint density at radius 1 is 0.297 bits per heavy atom. The van der Waals surface area contributed by atoms with Gasteiger partial charge in [-0.1, -0.05) is 219 Å². The van der Waals surface area contributed by atoms with Gasteiger partial charge in [0.15, 0.2) is 0 Å². The fourth-order valence-electron chi connectivity index (χ4n) is 8.62. The predicted molar refractivity (Wildman–Crippen MR) is 288 cm³/mol. The van der Waals surface area contributed by atoms with Gasteiger partial charge in [0, 0.05) is 25.7 Å². The molecule has 0 bridgehead atoms. The molecule has 2 heteroatoms. The van der Waals surface area contributed by atoms with E-state index < -0.39 is 0 Å². The molecule has 2 rings (SSSR count). The monoisotopic (exact) mass is 873 g/mol. The van der Waals surface area contributed by atoms with Gasteiger partial charge in [-0.25, -0.2) is 0 Å². The summed E-state index contributed by atoms with van der Waals surface area (Å²) < 4.78 is 0. The molecule has 0 N–H and O–H groups in total. The Morgan fingerprint density at radius 3 is 0.844 bits per heavy atom. The van der Waals surface area contributed by atoms with Gasteiger partial charge in [0.25, 0.3) is 0 Å². The molecule has 0 heterocycles. The van der Waals surface area contributed by atoms with Gasteiger partial charge >= 0.3 is 0 Å². The number of aliphatic imine (C=N–C) groups is 2. The molecule has 0 radical (unpaired) electrons. The lowest BCUT2D eigenvalue weighted by Gasteiger charge is -2.12. The third-order valence-electron chi connectivity index (χ3n) is 12.9.